The van der Waals surface area contributed by atoms with Gasteiger partial charge >= 0.3 is 0 Å². The number of rotatable bonds is 2. The molecule has 1 fully saturated rings. The minimum Gasteiger partial charge on any atom is -0.366 e. The Bertz CT molecular complexity index is 774. The van der Waals surface area contributed by atoms with Crippen molar-refractivity contribution in [1.82, 2.24) is 14.5 Å². The molecule has 1 saturated heterocycles. The zero-order chi connectivity index (χ0) is 15.2. The summed E-state index contributed by atoms with van der Waals surface area (Å²) in [5.41, 5.74) is 1.88. The van der Waals surface area contributed by atoms with Gasteiger partial charge in [-0.3, -0.25) is 5.10 Å². The third-order valence-corrected chi connectivity index (χ3v) is 5.36. The van der Waals surface area contributed by atoms with Crippen LogP contribution >= 0.6 is 11.6 Å². The first-order valence-corrected chi connectivity index (χ1v) is 8.93. The molecule has 0 aliphatic carbocycles. The van der Waals surface area contributed by atoms with Crippen molar-refractivity contribution in [3.8, 4) is 0 Å². The second-order valence-electron chi connectivity index (χ2n) is 5.42. The molecule has 1 atom stereocenters. The van der Waals surface area contributed by atoms with Crippen LogP contribution in [0.15, 0.2) is 18.3 Å². The van der Waals surface area contributed by atoms with Crippen LogP contribution in [-0.2, 0) is 10.0 Å². The van der Waals surface area contributed by atoms with Crippen molar-refractivity contribution in [1.29, 1.82) is 0 Å². The summed E-state index contributed by atoms with van der Waals surface area (Å²) < 4.78 is 24.9. The van der Waals surface area contributed by atoms with Gasteiger partial charge in [0.15, 0.2) is 0 Å². The summed E-state index contributed by atoms with van der Waals surface area (Å²) in [5.74, 6) is 0. The molecule has 1 aliphatic rings. The first-order valence-electron chi connectivity index (χ1n) is 6.70. The van der Waals surface area contributed by atoms with Crippen molar-refractivity contribution in [2.24, 2.45) is 0 Å². The van der Waals surface area contributed by atoms with E-state index in [2.05, 4.69) is 15.1 Å². The van der Waals surface area contributed by atoms with Crippen LogP contribution < -0.4 is 4.90 Å². The summed E-state index contributed by atoms with van der Waals surface area (Å²) in [6.45, 7) is 3.61. The van der Waals surface area contributed by atoms with E-state index in [4.69, 9.17) is 11.6 Å². The maximum Gasteiger partial charge on any atom is 0.211 e. The number of hydrogen-bond acceptors (Lipinski definition) is 4. The Labute approximate surface area is 128 Å². The first kappa shape index (κ1) is 14.6. The highest BCUT2D eigenvalue weighted by atomic mass is 35.5. The molecule has 1 N–H and O–H groups in total. The number of H-pyrrole nitrogens is 1. The number of sulfonamides is 1. The van der Waals surface area contributed by atoms with Crippen LogP contribution in [0, 0.1) is 0 Å². The molecule has 0 radical (unpaired) electrons. The van der Waals surface area contributed by atoms with Crippen LogP contribution in [0.25, 0.3) is 10.9 Å². The first-order chi connectivity index (χ1) is 9.86. The fraction of sp³-hybridized carbons (Fsp3) is 0.462. The largest absolute Gasteiger partial charge is 0.366 e. The molecule has 114 valence electrons. The SMILES string of the molecule is C[C@@H]1CN(S(C)(=O)=O)CCN1c1cc(Cl)cc2[nH]ncc12. The number of aromatic nitrogens is 2. The molecule has 2 aromatic rings. The molecule has 3 rings (SSSR count). The highest BCUT2D eigenvalue weighted by Crippen LogP contribution is 2.32. The smallest absolute Gasteiger partial charge is 0.211 e. The maximum atomic E-state index is 11.7. The average Bonchev–Trinajstić information content (AvgIpc) is 2.84. The van der Waals surface area contributed by atoms with Gasteiger partial charge in [0.1, 0.15) is 0 Å². The Hall–Kier alpha value is -1.31. The van der Waals surface area contributed by atoms with Gasteiger partial charge < -0.3 is 4.90 Å². The number of nitrogens with one attached hydrogen (secondary N) is 1. The molecule has 1 aromatic heterocycles. The van der Waals surface area contributed by atoms with Gasteiger partial charge in [-0.05, 0) is 19.1 Å². The van der Waals surface area contributed by atoms with Crippen molar-refractivity contribution < 1.29 is 8.42 Å². The van der Waals surface area contributed by atoms with Crippen LogP contribution in [0.4, 0.5) is 5.69 Å². The summed E-state index contributed by atoms with van der Waals surface area (Å²) in [5, 5.41) is 8.62. The fourth-order valence-corrected chi connectivity index (χ4v) is 3.93. The Morgan fingerprint density at radius 1 is 1.38 bits per heavy atom. The number of piperazine rings is 1. The summed E-state index contributed by atoms with van der Waals surface area (Å²) in [6, 6.07) is 3.82. The minimum atomic E-state index is -3.14. The molecule has 1 aromatic carbocycles. The van der Waals surface area contributed by atoms with Crippen LogP contribution in [0.2, 0.25) is 5.02 Å². The number of aromatic amines is 1. The summed E-state index contributed by atoms with van der Waals surface area (Å²) in [6.07, 6.45) is 3.03. The highest BCUT2D eigenvalue weighted by molar-refractivity contribution is 7.88. The fourth-order valence-electron chi connectivity index (χ4n) is 2.82. The van der Waals surface area contributed by atoms with E-state index in [1.807, 2.05) is 19.1 Å². The molecule has 6 nitrogen and oxygen atoms in total. The molecular weight excluding hydrogens is 312 g/mol. The lowest BCUT2D eigenvalue weighted by atomic mass is 10.1. The van der Waals surface area contributed by atoms with E-state index in [1.54, 1.807) is 6.20 Å². The van der Waals surface area contributed by atoms with Gasteiger partial charge in [0.05, 0.1) is 18.0 Å². The van der Waals surface area contributed by atoms with Crippen molar-refractivity contribution in [2.45, 2.75) is 13.0 Å². The maximum absolute atomic E-state index is 11.7. The molecule has 8 heteroatoms. The van der Waals surface area contributed by atoms with Gasteiger partial charge in [-0.25, -0.2) is 8.42 Å². The Morgan fingerprint density at radius 3 is 2.81 bits per heavy atom. The quantitative estimate of drug-likeness (QED) is 0.910. The molecule has 0 saturated carbocycles. The predicted octanol–water partition coefficient (Wildman–Crippen LogP) is 1.69. The van der Waals surface area contributed by atoms with E-state index in [9.17, 15) is 8.42 Å². The van der Waals surface area contributed by atoms with Crippen LogP contribution in [-0.4, -0.2) is 54.9 Å². The molecule has 21 heavy (non-hydrogen) atoms. The lowest BCUT2D eigenvalue weighted by molar-refractivity contribution is 0.345. The lowest BCUT2D eigenvalue weighted by Gasteiger charge is -2.40. The molecule has 1 aliphatic heterocycles. The lowest BCUT2D eigenvalue weighted by Crippen LogP contribution is -2.53. The van der Waals surface area contributed by atoms with Crippen molar-refractivity contribution in [2.75, 3.05) is 30.8 Å². The monoisotopic (exact) mass is 328 g/mol. The Morgan fingerprint density at radius 2 is 2.14 bits per heavy atom. The number of hydrogen-bond donors (Lipinski definition) is 1. The van der Waals surface area contributed by atoms with Crippen LogP contribution in [0.5, 0.6) is 0 Å². The van der Waals surface area contributed by atoms with Gasteiger partial charge in [-0.2, -0.15) is 9.40 Å². The second-order valence-corrected chi connectivity index (χ2v) is 7.84. The van der Waals surface area contributed by atoms with E-state index in [0.29, 0.717) is 24.7 Å². The van der Waals surface area contributed by atoms with E-state index >= 15 is 0 Å². The molecule has 2 heterocycles. The minimum absolute atomic E-state index is 0.0741. The van der Waals surface area contributed by atoms with Gasteiger partial charge in [-0.1, -0.05) is 11.6 Å². The van der Waals surface area contributed by atoms with E-state index in [1.165, 1.54) is 10.6 Å². The Balaban J connectivity index is 1.95. The standard InChI is InChI=1S/C13H17ClN4O2S/c1-9-8-17(21(2,19)20)3-4-18(9)13-6-10(14)5-12-11(13)7-15-16-12/h5-7,9H,3-4,8H2,1-2H3,(H,15,16)/t9-/m1/s1. The number of halogens is 1. The highest BCUT2D eigenvalue weighted by Gasteiger charge is 2.29. The Kier molecular flexibility index (Phi) is 3.59. The summed E-state index contributed by atoms with van der Waals surface area (Å²) >= 11 is 6.17. The normalized spacial score (nSPS) is 21.1. The van der Waals surface area contributed by atoms with E-state index < -0.39 is 10.0 Å². The van der Waals surface area contributed by atoms with Gasteiger partial charge in [-0.15, -0.1) is 0 Å². The second kappa shape index (κ2) is 5.15. The van der Waals surface area contributed by atoms with E-state index in [-0.39, 0.29) is 6.04 Å². The van der Waals surface area contributed by atoms with Crippen LogP contribution in [0.1, 0.15) is 6.92 Å². The number of fused-ring (bicyclic) bond motifs is 1. The van der Waals surface area contributed by atoms with Gasteiger partial charge in [0.25, 0.3) is 0 Å². The van der Waals surface area contributed by atoms with Crippen molar-refractivity contribution >= 4 is 38.2 Å². The predicted molar refractivity (Wildman–Crippen MR) is 84.3 cm³/mol. The topological polar surface area (TPSA) is 69.3 Å². The van der Waals surface area contributed by atoms with Crippen molar-refractivity contribution in [3.05, 3.63) is 23.4 Å². The molecule has 0 bridgehead atoms. The molecule has 0 unspecified atom stereocenters. The third kappa shape index (κ3) is 2.73. The van der Waals surface area contributed by atoms with Gasteiger partial charge in [0, 0.05) is 41.8 Å². The average molecular weight is 329 g/mol. The summed E-state index contributed by atoms with van der Waals surface area (Å²) in [7, 11) is -3.14. The van der Waals surface area contributed by atoms with Crippen LogP contribution in [0.3, 0.4) is 0 Å². The van der Waals surface area contributed by atoms with E-state index in [0.717, 1.165) is 16.6 Å². The third-order valence-electron chi connectivity index (χ3n) is 3.87. The summed E-state index contributed by atoms with van der Waals surface area (Å²) in [4.78, 5) is 2.19. The zero-order valence-electron chi connectivity index (χ0n) is 11.9. The van der Waals surface area contributed by atoms with Crippen molar-refractivity contribution in [3.63, 3.8) is 0 Å². The number of anilines is 1. The molecule has 0 amide bonds. The molecule has 0 spiro atoms. The number of benzene rings is 1. The van der Waals surface area contributed by atoms with Gasteiger partial charge in [0.2, 0.25) is 10.0 Å². The number of nitrogens with zero attached hydrogens (tertiary/aromatic N) is 3. The molecular formula is C13H17ClN4O2S. The zero-order valence-corrected chi connectivity index (χ0v) is 13.4.